The number of para-hydroxylation sites is 1. The van der Waals surface area contributed by atoms with E-state index in [1.165, 1.54) is 55.3 Å². The Morgan fingerprint density at radius 3 is 2.73 bits per heavy atom. The van der Waals surface area contributed by atoms with Gasteiger partial charge in [-0.2, -0.15) is 0 Å². The van der Waals surface area contributed by atoms with E-state index in [0.29, 0.717) is 0 Å². The number of imidazole rings is 1. The van der Waals surface area contributed by atoms with Crippen molar-refractivity contribution in [2.45, 2.75) is 70.9 Å². The summed E-state index contributed by atoms with van der Waals surface area (Å²) in [5.41, 5.74) is 4.19. The maximum atomic E-state index is 6.95. The maximum absolute atomic E-state index is 6.95. The molecule has 2 fully saturated rings. The summed E-state index contributed by atoms with van der Waals surface area (Å²) in [5.74, 6) is 3.57. The molecule has 2 bridgehead atoms. The van der Waals surface area contributed by atoms with E-state index in [4.69, 9.17) is 4.74 Å². The summed E-state index contributed by atoms with van der Waals surface area (Å²) in [6, 6.07) is 19.7. The molecular weight excluding hydrogens is 404 g/mol. The summed E-state index contributed by atoms with van der Waals surface area (Å²) >= 11 is 0. The second-order valence-electron chi connectivity index (χ2n) is 11.0. The van der Waals surface area contributed by atoms with Crippen molar-refractivity contribution in [2.75, 3.05) is 0 Å². The van der Waals surface area contributed by atoms with Crippen molar-refractivity contribution >= 4 is 0 Å². The van der Waals surface area contributed by atoms with Gasteiger partial charge in [-0.3, -0.25) is 0 Å². The fourth-order valence-electron chi connectivity index (χ4n) is 7.31. The van der Waals surface area contributed by atoms with E-state index in [0.717, 1.165) is 29.9 Å². The van der Waals surface area contributed by atoms with Crippen LogP contribution in [0.4, 0.5) is 0 Å². The van der Waals surface area contributed by atoms with Crippen molar-refractivity contribution in [2.24, 2.45) is 23.2 Å². The van der Waals surface area contributed by atoms with Gasteiger partial charge in [-0.05, 0) is 67.6 Å². The molecule has 33 heavy (non-hydrogen) atoms. The van der Waals surface area contributed by atoms with Crippen LogP contribution in [0.3, 0.4) is 0 Å². The Hall–Kier alpha value is -2.55. The van der Waals surface area contributed by atoms with Gasteiger partial charge in [0, 0.05) is 17.4 Å². The standard InChI is InChI=1S/C30H36N2O/c1-3-21-15-22-13-14-30(2,23(16-21)17-22)29(33-24-9-5-4-6-10-24)18-27-25-11-7-8-12-26(25)28-19-31-20-32(27)28/h4-12,19-23,27,29H,3,13-18H2,1-2H3. The topological polar surface area (TPSA) is 27.1 Å². The van der Waals surface area contributed by atoms with Crippen LogP contribution < -0.4 is 4.74 Å². The molecule has 3 heteroatoms. The summed E-state index contributed by atoms with van der Waals surface area (Å²) in [6.45, 7) is 4.94. The number of benzene rings is 2. The number of hydrogen-bond donors (Lipinski definition) is 0. The number of nitrogens with zero attached hydrogens (tertiary/aromatic N) is 2. The molecule has 6 rings (SSSR count). The van der Waals surface area contributed by atoms with Crippen LogP contribution in [0.5, 0.6) is 5.75 Å². The van der Waals surface area contributed by atoms with Crippen LogP contribution in [-0.4, -0.2) is 15.7 Å². The highest BCUT2D eigenvalue weighted by Crippen LogP contribution is 2.56. The van der Waals surface area contributed by atoms with E-state index in [2.05, 4.69) is 78.0 Å². The van der Waals surface area contributed by atoms with Crippen molar-refractivity contribution in [3.05, 3.63) is 72.7 Å². The molecule has 2 aliphatic carbocycles. The molecule has 172 valence electrons. The van der Waals surface area contributed by atoms with Crippen LogP contribution in [0.2, 0.25) is 0 Å². The third-order valence-corrected chi connectivity index (χ3v) is 9.30. The summed E-state index contributed by atoms with van der Waals surface area (Å²) in [6.07, 6.45) is 13.4. The van der Waals surface area contributed by atoms with E-state index in [1.807, 2.05) is 12.5 Å². The Morgan fingerprint density at radius 2 is 1.88 bits per heavy atom. The SMILES string of the molecule is CCC1CC2CCC(C)(C(CC3c4ccccc4-c4cncn43)Oc3ccccc3)C(C1)C2. The van der Waals surface area contributed by atoms with Crippen molar-refractivity contribution in [3.63, 3.8) is 0 Å². The zero-order chi connectivity index (χ0) is 22.4. The molecule has 6 unspecified atom stereocenters. The van der Waals surface area contributed by atoms with E-state index in [9.17, 15) is 0 Å². The summed E-state index contributed by atoms with van der Waals surface area (Å²) in [5, 5.41) is 0. The van der Waals surface area contributed by atoms with E-state index < -0.39 is 0 Å². The monoisotopic (exact) mass is 440 g/mol. The van der Waals surface area contributed by atoms with Gasteiger partial charge in [0.2, 0.25) is 0 Å². The normalized spacial score (nSPS) is 31.0. The first-order valence-corrected chi connectivity index (χ1v) is 13.0. The minimum absolute atomic E-state index is 0.174. The van der Waals surface area contributed by atoms with E-state index >= 15 is 0 Å². The number of aromatic nitrogens is 2. The van der Waals surface area contributed by atoms with Crippen LogP contribution in [0, 0.1) is 23.2 Å². The Morgan fingerprint density at radius 1 is 1.06 bits per heavy atom. The molecule has 2 saturated carbocycles. The number of ether oxygens (including phenoxy) is 1. The van der Waals surface area contributed by atoms with Crippen LogP contribution in [0.15, 0.2) is 67.1 Å². The first kappa shape index (κ1) is 21.0. The van der Waals surface area contributed by atoms with Gasteiger partial charge in [-0.15, -0.1) is 0 Å². The quantitative estimate of drug-likeness (QED) is 0.396. The average Bonchev–Trinajstić information content (AvgIpc) is 3.44. The molecule has 2 heterocycles. The molecular formula is C30H36N2O. The molecule has 0 saturated heterocycles. The minimum atomic E-state index is 0.174. The number of rotatable bonds is 6. The molecule has 3 nitrogen and oxygen atoms in total. The van der Waals surface area contributed by atoms with Crippen LogP contribution in [0.1, 0.15) is 70.4 Å². The lowest BCUT2D eigenvalue weighted by Crippen LogP contribution is -2.49. The smallest absolute Gasteiger partial charge is 0.119 e. The molecule has 3 aliphatic rings. The minimum Gasteiger partial charge on any atom is -0.490 e. The molecule has 3 aromatic rings. The van der Waals surface area contributed by atoms with Gasteiger partial charge in [0.05, 0.1) is 24.3 Å². The zero-order valence-electron chi connectivity index (χ0n) is 20.0. The average molecular weight is 441 g/mol. The molecule has 0 radical (unpaired) electrons. The van der Waals surface area contributed by atoms with Crippen molar-refractivity contribution in [1.82, 2.24) is 9.55 Å². The van der Waals surface area contributed by atoms with Gasteiger partial charge in [-0.1, -0.05) is 62.7 Å². The lowest BCUT2D eigenvalue weighted by Gasteiger charge is -2.53. The van der Waals surface area contributed by atoms with Gasteiger partial charge in [0.15, 0.2) is 0 Å². The largest absolute Gasteiger partial charge is 0.490 e. The summed E-state index contributed by atoms with van der Waals surface area (Å²) < 4.78 is 9.34. The van der Waals surface area contributed by atoms with Crippen molar-refractivity contribution in [3.8, 4) is 17.0 Å². The maximum Gasteiger partial charge on any atom is 0.119 e. The third kappa shape index (κ3) is 3.61. The van der Waals surface area contributed by atoms with Crippen molar-refractivity contribution < 1.29 is 4.74 Å². The van der Waals surface area contributed by atoms with Crippen LogP contribution in [-0.2, 0) is 0 Å². The summed E-state index contributed by atoms with van der Waals surface area (Å²) in [4.78, 5) is 4.51. The van der Waals surface area contributed by atoms with Crippen LogP contribution in [0.25, 0.3) is 11.3 Å². The fourth-order valence-corrected chi connectivity index (χ4v) is 7.31. The molecule has 0 spiro atoms. The van der Waals surface area contributed by atoms with E-state index in [-0.39, 0.29) is 17.6 Å². The highest BCUT2D eigenvalue weighted by atomic mass is 16.5. The van der Waals surface area contributed by atoms with Crippen LogP contribution >= 0.6 is 0 Å². The Balaban J connectivity index is 1.37. The predicted octanol–water partition coefficient (Wildman–Crippen LogP) is 7.53. The number of hydrogen-bond acceptors (Lipinski definition) is 2. The highest BCUT2D eigenvalue weighted by molar-refractivity contribution is 5.68. The molecule has 2 aromatic carbocycles. The second kappa shape index (κ2) is 8.34. The predicted molar refractivity (Wildman–Crippen MR) is 133 cm³/mol. The lowest BCUT2D eigenvalue weighted by molar-refractivity contribution is -0.0683. The van der Waals surface area contributed by atoms with Gasteiger partial charge in [-0.25, -0.2) is 4.98 Å². The fraction of sp³-hybridized carbons (Fsp3) is 0.500. The van der Waals surface area contributed by atoms with Crippen molar-refractivity contribution in [1.29, 1.82) is 0 Å². The molecule has 1 aromatic heterocycles. The Bertz CT molecular complexity index is 1110. The second-order valence-corrected chi connectivity index (χ2v) is 11.0. The first-order chi connectivity index (χ1) is 16.2. The number of fused-ring (bicyclic) bond motifs is 5. The van der Waals surface area contributed by atoms with Gasteiger partial charge < -0.3 is 9.30 Å². The molecule has 0 N–H and O–H groups in total. The Labute approximate surface area is 198 Å². The lowest BCUT2D eigenvalue weighted by atomic mass is 9.54. The highest BCUT2D eigenvalue weighted by Gasteiger charge is 2.50. The van der Waals surface area contributed by atoms with Gasteiger partial charge in [0.1, 0.15) is 11.9 Å². The third-order valence-electron chi connectivity index (χ3n) is 9.30. The molecule has 1 aliphatic heterocycles. The van der Waals surface area contributed by atoms with E-state index in [1.54, 1.807) is 0 Å². The molecule has 6 atom stereocenters. The first-order valence-electron chi connectivity index (χ1n) is 13.0. The zero-order valence-corrected chi connectivity index (χ0v) is 20.0. The van der Waals surface area contributed by atoms with Gasteiger partial charge in [0.25, 0.3) is 0 Å². The molecule has 0 amide bonds. The van der Waals surface area contributed by atoms with Gasteiger partial charge >= 0.3 is 0 Å². The summed E-state index contributed by atoms with van der Waals surface area (Å²) in [7, 11) is 0. The Kier molecular flexibility index (Phi) is 5.31.